The standard InChI is InChI=1S/C14H13BrN2O2S/c15-10-5-7-11(8-6-10)20(19)9-14(18)17-13-4-2-1-3-12(13)16/h1-8H,9,16H2,(H,17,18). The number of halogens is 1. The lowest BCUT2D eigenvalue weighted by Gasteiger charge is -2.07. The summed E-state index contributed by atoms with van der Waals surface area (Å²) in [4.78, 5) is 12.5. The van der Waals surface area contributed by atoms with Crippen molar-refractivity contribution in [2.75, 3.05) is 16.8 Å². The van der Waals surface area contributed by atoms with Crippen LogP contribution in [0.3, 0.4) is 0 Å². The fourth-order valence-electron chi connectivity index (χ4n) is 1.59. The van der Waals surface area contributed by atoms with E-state index in [0.717, 1.165) is 4.47 Å². The van der Waals surface area contributed by atoms with Crippen LogP contribution in [0.25, 0.3) is 0 Å². The molecule has 0 bridgehead atoms. The van der Waals surface area contributed by atoms with E-state index in [1.165, 1.54) is 0 Å². The Morgan fingerprint density at radius 2 is 1.80 bits per heavy atom. The van der Waals surface area contributed by atoms with Crippen LogP contribution < -0.4 is 11.1 Å². The maximum atomic E-state index is 12.0. The highest BCUT2D eigenvalue weighted by Crippen LogP contribution is 2.17. The van der Waals surface area contributed by atoms with E-state index in [2.05, 4.69) is 21.2 Å². The number of nitrogens with two attached hydrogens (primary N) is 1. The van der Waals surface area contributed by atoms with E-state index in [9.17, 15) is 9.00 Å². The molecule has 0 aliphatic carbocycles. The fraction of sp³-hybridized carbons (Fsp3) is 0.0714. The molecule has 0 aliphatic rings. The molecule has 6 heteroatoms. The molecular weight excluding hydrogens is 340 g/mol. The molecule has 2 rings (SSSR count). The van der Waals surface area contributed by atoms with E-state index in [1.807, 2.05) is 0 Å². The summed E-state index contributed by atoms with van der Waals surface area (Å²) in [6.07, 6.45) is 0. The highest BCUT2D eigenvalue weighted by atomic mass is 79.9. The van der Waals surface area contributed by atoms with Gasteiger partial charge < -0.3 is 11.1 Å². The molecule has 3 N–H and O–H groups in total. The van der Waals surface area contributed by atoms with Crippen LogP contribution in [0, 0.1) is 0 Å². The highest BCUT2D eigenvalue weighted by molar-refractivity contribution is 9.10. The SMILES string of the molecule is Nc1ccccc1NC(=O)CS(=O)c1ccc(Br)cc1. The zero-order valence-electron chi connectivity index (χ0n) is 10.5. The Morgan fingerprint density at radius 3 is 2.45 bits per heavy atom. The first-order chi connectivity index (χ1) is 9.56. The normalized spacial score (nSPS) is 11.8. The molecule has 0 fully saturated rings. The second-order valence-electron chi connectivity index (χ2n) is 4.08. The van der Waals surface area contributed by atoms with Crippen LogP contribution in [0.2, 0.25) is 0 Å². The largest absolute Gasteiger partial charge is 0.397 e. The summed E-state index contributed by atoms with van der Waals surface area (Å²) in [7, 11) is -1.38. The summed E-state index contributed by atoms with van der Waals surface area (Å²) in [6.45, 7) is 0. The zero-order valence-corrected chi connectivity index (χ0v) is 12.9. The smallest absolute Gasteiger partial charge is 0.237 e. The molecule has 0 saturated heterocycles. The van der Waals surface area contributed by atoms with Crippen molar-refractivity contribution in [3.63, 3.8) is 0 Å². The number of amides is 1. The third-order valence-corrected chi connectivity index (χ3v) is 4.42. The molecule has 1 atom stereocenters. The van der Waals surface area contributed by atoms with Gasteiger partial charge in [0.05, 0.1) is 22.2 Å². The molecule has 20 heavy (non-hydrogen) atoms. The number of anilines is 2. The van der Waals surface area contributed by atoms with Crippen LogP contribution in [-0.4, -0.2) is 15.9 Å². The van der Waals surface area contributed by atoms with Gasteiger partial charge in [0.1, 0.15) is 5.75 Å². The van der Waals surface area contributed by atoms with E-state index >= 15 is 0 Å². The van der Waals surface area contributed by atoms with Crippen molar-refractivity contribution in [1.82, 2.24) is 0 Å². The van der Waals surface area contributed by atoms with Crippen LogP contribution in [0.5, 0.6) is 0 Å². The minimum Gasteiger partial charge on any atom is -0.397 e. The van der Waals surface area contributed by atoms with E-state index in [1.54, 1.807) is 48.5 Å². The first-order valence-electron chi connectivity index (χ1n) is 5.84. The van der Waals surface area contributed by atoms with Crippen molar-refractivity contribution >= 4 is 44.0 Å². The van der Waals surface area contributed by atoms with Crippen LogP contribution in [0.1, 0.15) is 0 Å². The Bertz CT molecular complexity index is 644. The zero-order chi connectivity index (χ0) is 14.5. The van der Waals surface area contributed by atoms with Crippen molar-refractivity contribution in [1.29, 1.82) is 0 Å². The third kappa shape index (κ3) is 3.91. The molecule has 0 aromatic heterocycles. The van der Waals surface area contributed by atoms with E-state index < -0.39 is 10.8 Å². The van der Waals surface area contributed by atoms with Gasteiger partial charge in [-0.25, -0.2) is 0 Å². The lowest BCUT2D eigenvalue weighted by Crippen LogP contribution is -2.20. The molecule has 1 amide bonds. The fourth-order valence-corrected chi connectivity index (χ4v) is 2.77. The maximum absolute atomic E-state index is 12.0. The number of carbonyl (C=O) groups is 1. The van der Waals surface area contributed by atoms with Crippen LogP contribution in [-0.2, 0) is 15.6 Å². The summed E-state index contributed by atoms with van der Waals surface area (Å²) in [5.41, 5.74) is 6.75. The van der Waals surface area contributed by atoms with Crippen molar-refractivity contribution < 1.29 is 9.00 Å². The number of hydrogen-bond donors (Lipinski definition) is 2. The Kier molecular flexibility index (Phi) is 4.92. The molecule has 0 heterocycles. The molecule has 104 valence electrons. The van der Waals surface area contributed by atoms with Gasteiger partial charge in [-0.15, -0.1) is 0 Å². The maximum Gasteiger partial charge on any atom is 0.237 e. The van der Waals surface area contributed by atoms with Crippen molar-refractivity contribution in [3.05, 3.63) is 53.0 Å². The lowest BCUT2D eigenvalue weighted by molar-refractivity contribution is -0.113. The predicted octanol–water partition coefficient (Wildman–Crippen LogP) is 2.78. The van der Waals surface area contributed by atoms with Gasteiger partial charge in [-0.05, 0) is 36.4 Å². The van der Waals surface area contributed by atoms with E-state index in [4.69, 9.17) is 5.73 Å². The molecule has 1 unspecified atom stereocenters. The second-order valence-corrected chi connectivity index (χ2v) is 6.45. The minimum atomic E-state index is -1.38. The monoisotopic (exact) mass is 352 g/mol. The average Bonchev–Trinajstić information content (AvgIpc) is 2.42. The summed E-state index contributed by atoms with van der Waals surface area (Å²) in [5.74, 6) is -0.431. The van der Waals surface area contributed by atoms with Gasteiger partial charge >= 0.3 is 0 Å². The lowest BCUT2D eigenvalue weighted by atomic mass is 10.3. The Labute approximate surface area is 128 Å². The number of hydrogen-bond acceptors (Lipinski definition) is 3. The van der Waals surface area contributed by atoms with Crippen LogP contribution in [0.4, 0.5) is 11.4 Å². The van der Waals surface area contributed by atoms with Crippen molar-refractivity contribution in [2.24, 2.45) is 0 Å². The highest BCUT2D eigenvalue weighted by Gasteiger charge is 2.11. The number of nitrogen functional groups attached to an aromatic ring is 1. The number of carbonyl (C=O) groups excluding carboxylic acids is 1. The molecule has 0 aliphatic heterocycles. The number of nitrogens with one attached hydrogen (secondary N) is 1. The van der Waals surface area contributed by atoms with Crippen LogP contribution >= 0.6 is 15.9 Å². The van der Waals surface area contributed by atoms with Gasteiger partial charge in [0.25, 0.3) is 0 Å². The Morgan fingerprint density at radius 1 is 1.15 bits per heavy atom. The number of rotatable bonds is 4. The molecule has 2 aromatic rings. The molecule has 0 radical (unpaired) electrons. The Balaban J connectivity index is 2.00. The summed E-state index contributed by atoms with van der Waals surface area (Å²) in [6, 6.07) is 14.0. The minimum absolute atomic E-state index is 0.101. The molecule has 0 spiro atoms. The van der Waals surface area contributed by atoms with E-state index in [0.29, 0.717) is 16.3 Å². The van der Waals surface area contributed by atoms with Gasteiger partial charge in [-0.3, -0.25) is 9.00 Å². The first-order valence-corrected chi connectivity index (χ1v) is 7.96. The average molecular weight is 353 g/mol. The Hall–Kier alpha value is -1.66. The molecule has 0 saturated carbocycles. The summed E-state index contributed by atoms with van der Waals surface area (Å²) >= 11 is 3.31. The third-order valence-electron chi connectivity index (χ3n) is 2.57. The second kappa shape index (κ2) is 6.67. The molecular formula is C14H13BrN2O2S. The van der Waals surface area contributed by atoms with E-state index in [-0.39, 0.29) is 11.7 Å². The quantitative estimate of drug-likeness (QED) is 0.831. The predicted molar refractivity (Wildman–Crippen MR) is 84.9 cm³/mol. The molecule has 2 aromatic carbocycles. The van der Waals surface area contributed by atoms with Crippen molar-refractivity contribution in [3.8, 4) is 0 Å². The topological polar surface area (TPSA) is 72.2 Å². The van der Waals surface area contributed by atoms with Gasteiger partial charge in [0, 0.05) is 9.37 Å². The number of benzene rings is 2. The van der Waals surface area contributed by atoms with Gasteiger partial charge in [-0.2, -0.15) is 0 Å². The van der Waals surface area contributed by atoms with Crippen molar-refractivity contribution in [2.45, 2.75) is 4.90 Å². The van der Waals surface area contributed by atoms with Gasteiger partial charge in [0.15, 0.2) is 0 Å². The van der Waals surface area contributed by atoms with Gasteiger partial charge in [-0.1, -0.05) is 28.1 Å². The van der Waals surface area contributed by atoms with Gasteiger partial charge in [0.2, 0.25) is 5.91 Å². The number of para-hydroxylation sites is 2. The summed E-state index contributed by atoms with van der Waals surface area (Å²) in [5, 5.41) is 2.66. The summed E-state index contributed by atoms with van der Waals surface area (Å²) < 4.78 is 12.9. The van der Waals surface area contributed by atoms with Crippen LogP contribution in [0.15, 0.2) is 57.9 Å². The molecule has 4 nitrogen and oxygen atoms in total. The first kappa shape index (κ1) is 14.7.